The number of nitrogens with one attached hydrogen (secondary N) is 1. The Balaban J connectivity index is 1.82. The van der Waals surface area contributed by atoms with Crippen molar-refractivity contribution in [3.05, 3.63) is 28.0 Å². The topological polar surface area (TPSA) is 70.3 Å². The second-order valence-electron chi connectivity index (χ2n) is 3.59. The zero-order valence-corrected chi connectivity index (χ0v) is 8.06. The Morgan fingerprint density at radius 1 is 1.67 bits per heavy atom. The van der Waals surface area contributed by atoms with Gasteiger partial charge in [-0.1, -0.05) is 0 Å². The second kappa shape index (κ2) is 3.00. The molecule has 2 aliphatic rings. The molecule has 1 unspecified atom stereocenters. The summed E-state index contributed by atoms with van der Waals surface area (Å²) in [4.78, 5) is 18.4. The lowest BCUT2D eigenvalue weighted by molar-refractivity contribution is 0.513. The minimum atomic E-state index is -0.0465. The van der Waals surface area contributed by atoms with E-state index in [2.05, 4.69) is 9.98 Å². The summed E-state index contributed by atoms with van der Waals surface area (Å²) in [7, 11) is 1.70. The van der Waals surface area contributed by atoms with Crippen molar-refractivity contribution in [2.24, 2.45) is 4.99 Å². The number of hydrogen-bond acceptors (Lipinski definition) is 4. The highest BCUT2D eigenvalue weighted by molar-refractivity contribution is 7.04. The number of aromatic amines is 1. The summed E-state index contributed by atoms with van der Waals surface area (Å²) in [6, 6.07) is 1.46. The van der Waals surface area contributed by atoms with Gasteiger partial charge in [0.15, 0.2) is 11.2 Å². The molecule has 2 saturated heterocycles. The third kappa shape index (κ3) is 1.70. The zero-order chi connectivity index (χ0) is 10.4. The predicted molar refractivity (Wildman–Crippen MR) is 56.4 cm³/mol. The first-order valence-corrected chi connectivity index (χ1v) is 4.67. The van der Waals surface area contributed by atoms with Crippen LogP contribution in [0.4, 0.5) is 5.82 Å². The number of pyridine rings is 1. The summed E-state index contributed by atoms with van der Waals surface area (Å²) >= 11 is 0. The van der Waals surface area contributed by atoms with Gasteiger partial charge in [-0.05, 0) is 6.92 Å². The van der Waals surface area contributed by atoms with Gasteiger partial charge in [0.05, 0.1) is 5.90 Å². The van der Waals surface area contributed by atoms with Crippen molar-refractivity contribution >= 4 is 26.0 Å². The summed E-state index contributed by atoms with van der Waals surface area (Å²) in [6.45, 7) is 1.70. The molecule has 1 aromatic rings. The number of nitrogens with zero attached hydrogens (tertiary/aromatic N) is 1. The van der Waals surface area contributed by atoms with Gasteiger partial charge >= 0.3 is 14.4 Å². The second-order valence-corrected chi connectivity index (χ2v) is 3.59. The Bertz CT molecular complexity index is 495. The minimum absolute atomic E-state index is 0.0282. The highest BCUT2D eigenvalue weighted by Crippen LogP contribution is 2.25. The van der Waals surface area contributed by atoms with Crippen molar-refractivity contribution in [3.63, 3.8) is 0 Å². The summed E-state index contributed by atoms with van der Waals surface area (Å²) in [5, 5.41) is 0. The van der Waals surface area contributed by atoms with Gasteiger partial charge in [0.2, 0.25) is 0 Å². The molecule has 15 heavy (non-hydrogen) atoms. The summed E-state index contributed by atoms with van der Waals surface area (Å²) in [5.41, 5.74) is 0.644. The molecule has 3 heterocycles. The predicted octanol–water partition coefficient (Wildman–Crippen LogP) is -0.211. The van der Waals surface area contributed by atoms with Crippen molar-refractivity contribution in [1.29, 1.82) is 0 Å². The standard InChI is InChI=1S/C8H7B2N2O3/c1-4-3-11-6(2-5(4)13)12-8-10(15-8)7-9-14-7/h2-3,7H,1H3,(H,11,13). The largest absolute Gasteiger partial charge is 0.544 e. The molecule has 0 aromatic carbocycles. The Morgan fingerprint density at radius 3 is 3.13 bits per heavy atom. The molecule has 0 spiro atoms. The van der Waals surface area contributed by atoms with Crippen molar-refractivity contribution in [1.82, 2.24) is 4.98 Å². The van der Waals surface area contributed by atoms with E-state index < -0.39 is 0 Å². The Morgan fingerprint density at radius 2 is 2.47 bits per heavy atom. The SMILES string of the molecule is Cc1c[nH]c(N=C2OB2C2[B]O2)cc1=O. The molecule has 2 aliphatic heterocycles. The molecule has 5 nitrogen and oxygen atoms in total. The van der Waals surface area contributed by atoms with E-state index in [-0.39, 0.29) is 18.2 Å². The lowest BCUT2D eigenvalue weighted by Gasteiger charge is -1.92. The van der Waals surface area contributed by atoms with Crippen LogP contribution in [0, 0.1) is 6.92 Å². The fourth-order valence-electron chi connectivity index (χ4n) is 1.30. The first-order chi connectivity index (χ1) is 7.24. The summed E-state index contributed by atoms with van der Waals surface area (Å²) < 4.78 is 10.1. The van der Waals surface area contributed by atoms with E-state index in [1.54, 1.807) is 20.6 Å². The van der Waals surface area contributed by atoms with E-state index in [1.165, 1.54) is 6.07 Å². The van der Waals surface area contributed by atoms with E-state index >= 15 is 0 Å². The molecule has 73 valence electrons. The molecular weight excluding hydrogens is 194 g/mol. The fraction of sp³-hybridized carbons (Fsp3) is 0.250. The minimum Gasteiger partial charge on any atom is -0.544 e. The quantitative estimate of drug-likeness (QED) is 0.531. The van der Waals surface area contributed by atoms with Crippen LogP contribution in [0.5, 0.6) is 0 Å². The van der Waals surface area contributed by atoms with Gasteiger partial charge < -0.3 is 14.3 Å². The Hall–Kier alpha value is -1.49. The van der Waals surface area contributed by atoms with Crippen LogP contribution in [0.15, 0.2) is 22.1 Å². The average Bonchev–Trinajstić information content (AvgIpc) is 3.02. The maximum Gasteiger partial charge on any atom is 0.474 e. The third-order valence-electron chi connectivity index (χ3n) is 2.35. The van der Waals surface area contributed by atoms with E-state index in [9.17, 15) is 4.79 Å². The molecule has 2 fully saturated rings. The van der Waals surface area contributed by atoms with Crippen molar-refractivity contribution in [2.75, 3.05) is 0 Å². The molecule has 3 rings (SSSR count). The number of aliphatic imine (C=N–C) groups is 1. The highest BCUT2D eigenvalue weighted by atomic mass is 16.6. The van der Waals surface area contributed by atoms with Crippen LogP contribution in [0.25, 0.3) is 0 Å². The first kappa shape index (κ1) is 8.79. The molecular formula is C8H7B2N2O3. The van der Waals surface area contributed by atoms with Crippen LogP contribution in [-0.2, 0) is 9.31 Å². The van der Waals surface area contributed by atoms with Gasteiger partial charge in [-0.2, -0.15) is 0 Å². The monoisotopic (exact) mass is 201 g/mol. The lowest BCUT2D eigenvalue weighted by Crippen LogP contribution is -2.05. The van der Waals surface area contributed by atoms with Crippen molar-refractivity contribution in [3.8, 4) is 0 Å². The van der Waals surface area contributed by atoms with Gasteiger partial charge in [-0.15, -0.1) is 0 Å². The van der Waals surface area contributed by atoms with Gasteiger partial charge in [-0.3, -0.25) is 4.79 Å². The zero-order valence-electron chi connectivity index (χ0n) is 8.06. The third-order valence-corrected chi connectivity index (χ3v) is 2.35. The smallest absolute Gasteiger partial charge is 0.474 e. The molecule has 1 atom stereocenters. The first-order valence-electron chi connectivity index (χ1n) is 4.67. The molecule has 0 aliphatic carbocycles. The molecule has 1 N–H and O–H groups in total. The number of aryl methyl sites for hydroxylation is 1. The summed E-state index contributed by atoms with van der Waals surface area (Å²) in [5.74, 6) is 1.19. The number of rotatable bonds is 2. The van der Waals surface area contributed by atoms with Gasteiger partial charge in [0, 0.05) is 17.8 Å². The van der Waals surface area contributed by atoms with E-state index in [4.69, 9.17) is 9.31 Å². The van der Waals surface area contributed by atoms with Crippen LogP contribution in [0.2, 0.25) is 0 Å². The Kier molecular flexibility index (Phi) is 1.76. The van der Waals surface area contributed by atoms with Gasteiger partial charge in [-0.25, -0.2) is 4.99 Å². The fourth-order valence-corrected chi connectivity index (χ4v) is 1.30. The van der Waals surface area contributed by atoms with Crippen LogP contribution >= 0.6 is 0 Å². The molecule has 0 bridgehead atoms. The number of H-pyrrole nitrogens is 1. The van der Waals surface area contributed by atoms with Crippen molar-refractivity contribution < 1.29 is 9.31 Å². The van der Waals surface area contributed by atoms with Gasteiger partial charge in [0.1, 0.15) is 5.82 Å². The van der Waals surface area contributed by atoms with Gasteiger partial charge in [0.25, 0.3) is 0 Å². The summed E-state index contributed by atoms with van der Waals surface area (Å²) in [6.07, 6.45) is 1.64. The van der Waals surface area contributed by atoms with Crippen LogP contribution in [0.1, 0.15) is 5.56 Å². The maximum absolute atomic E-state index is 11.3. The number of aromatic nitrogens is 1. The molecule has 7 heteroatoms. The van der Waals surface area contributed by atoms with E-state index in [0.717, 1.165) is 0 Å². The molecule has 0 saturated carbocycles. The lowest BCUT2D eigenvalue weighted by atomic mass is 9.65. The molecule has 0 amide bonds. The molecule has 1 aromatic heterocycles. The van der Waals surface area contributed by atoms with Crippen LogP contribution in [0.3, 0.4) is 0 Å². The maximum atomic E-state index is 11.3. The number of hydrogen-bond donors (Lipinski definition) is 1. The van der Waals surface area contributed by atoms with Crippen LogP contribution < -0.4 is 5.43 Å². The van der Waals surface area contributed by atoms with E-state index in [0.29, 0.717) is 17.2 Å². The normalized spacial score (nSPS) is 24.7. The van der Waals surface area contributed by atoms with Crippen molar-refractivity contribution in [2.45, 2.75) is 12.8 Å². The Labute approximate surface area is 86.9 Å². The molecule has 1 radical (unpaired) electrons. The average molecular weight is 201 g/mol. The highest BCUT2D eigenvalue weighted by Gasteiger charge is 2.56. The van der Waals surface area contributed by atoms with E-state index in [1.807, 2.05) is 0 Å². The van der Waals surface area contributed by atoms with Crippen LogP contribution in [-0.4, -0.2) is 31.1 Å².